The number of hydrogen-bond acceptors (Lipinski definition) is 4. The molecule has 7 heteroatoms. The van der Waals surface area contributed by atoms with Crippen molar-refractivity contribution in [3.63, 3.8) is 0 Å². The summed E-state index contributed by atoms with van der Waals surface area (Å²) in [5, 5.41) is 5.45. The van der Waals surface area contributed by atoms with Crippen molar-refractivity contribution in [1.29, 1.82) is 0 Å². The topological polar surface area (TPSA) is 103 Å². The van der Waals surface area contributed by atoms with E-state index in [-0.39, 0.29) is 12.3 Å². The molecule has 3 rings (SSSR count). The van der Waals surface area contributed by atoms with Gasteiger partial charge in [-0.3, -0.25) is 4.79 Å². The number of ether oxygens (including phenoxy) is 2. The second kappa shape index (κ2) is 10.7. The molecule has 0 radical (unpaired) electrons. The van der Waals surface area contributed by atoms with E-state index < -0.39 is 12.1 Å². The minimum absolute atomic E-state index is 0.00490. The minimum atomic E-state index is -0.715. The van der Waals surface area contributed by atoms with Gasteiger partial charge in [0.05, 0.1) is 19.1 Å². The highest BCUT2D eigenvalue weighted by molar-refractivity contribution is 5.91. The van der Waals surface area contributed by atoms with E-state index in [4.69, 9.17) is 15.2 Å². The number of nitrogens with two attached hydrogens (primary N) is 1. The van der Waals surface area contributed by atoms with E-state index in [1.54, 1.807) is 42.5 Å². The molecule has 0 spiro atoms. The van der Waals surface area contributed by atoms with Crippen molar-refractivity contribution in [2.24, 2.45) is 5.73 Å². The zero-order chi connectivity index (χ0) is 22.1. The molecule has 0 aliphatic rings. The van der Waals surface area contributed by atoms with Crippen LogP contribution in [-0.4, -0.2) is 18.5 Å². The van der Waals surface area contributed by atoms with Gasteiger partial charge in [-0.25, -0.2) is 4.79 Å². The molecule has 0 bridgehead atoms. The van der Waals surface area contributed by atoms with Crippen molar-refractivity contribution >= 4 is 17.6 Å². The average molecular weight is 419 g/mol. The highest BCUT2D eigenvalue weighted by Gasteiger charge is 2.18. The molecule has 3 aromatic carbocycles. The van der Waals surface area contributed by atoms with Crippen LogP contribution in [-0.2, 0) is 4.79 Å². The third-order valence-corrected chi connectivity index (χ3v) is 4.39. The molecule has 0 saturated carbocycles. The van der Waals surface area contributed by atoms with Crippen LogP contribution in [0.3, 0.4) is 0 Å². The maximum Gasteiger partial charge on any atom is 0.312 e. The maximum absolute atomic E-state index is 12.6. The van der Waals surface area contributed by atoms with Crippen LogP contribution in [0.2, 0.25) is 0 Å². The number of rotatable bonds is 9. The number of amides is 3. The zero-order valence-electron chi connectivity index (χ0n) is 17.2. The van der Waals surface area contributed by atoms with Crippen LogP contribution in [0.25, 0.3) is 0 Å². The first-order valence-electron chi connectivity index (χ1n) is 9.95. The standard InChI is InChI=1S/C24H25N3O4/c1-2-30-19-13-11-18(12-14-19)26-23(28)16-22(27-24(25)29)17-7-6-10-21(15-17)31-20-8-4-3-5-9-20/h3-15,22H,2,16H2,1H3,(H,26,28)(H3,25,27,29)/t22-/m1/s1. The molecule has 0 aromatic heterocycles. The van der Waals surface area contributed by atoms with E-state index in [1.165, 1.54) is 0 Å². The lowest BCUT2D eigenvalue weighted by molar-refractivity contribution is -0.116. The Morgan fingerprint density at radius 2 is 1.61 bits per heavy atom. The number of benzene rings is 3. The van der Waals surface area contributed by atoms with Gasteiger partial charge in [-0.1, -0.05) is 30.3 Å². The van der Waals surface area contributed by atoms with Crippen LogP contribution in [0, 0.1) is 0 Å². The first kappa shape index (κ1) is 21.7. The Balaban J connectivity index is 1.70. The van der Waals surface area contributed by atoms with E-state index in [1.807, 2.05) is 43.3 Å². The largest absolute Gasteiger partial charge is 0.494 e. The smallest absolute Gasteiger partial charge is 0.312 e. The molecular weight excluding hydrogens is 394 g/mol. The third-order valence-electron chi connectivity index (χ3n) is 4.39. The summed E-state index contributed by atoms with van der Waals surface area (Å²) in [5.41, 5.74) is 6.67. The maximum atomic E-state index is 12.6. The van der Waals surface area contributed by atoms with E-state index in [2.05, 4.69) is 10.6 Å². The summed E-state index contributed by atoms with van der Waals surface area (Å²) in [7, 11) is 0. The number of nitrogens with one attached hydrogen (secondary N) is 2. The fraction of sp³-hybridized carbons (Fsp3) is 0.167. The van der Waals surface area contributed by atoms with Gasteiger partial charge in [-0.05, 0) is 61.0 Å². The second-order valence-electron chi connectivity index (χ2n) is 6.76. The third kappa shape index (κ3) is 6.78. The number of para-hydroxylation sites is 1. The lowest BCUT2D eigenvalue weighted by Crippen LogP contribution is -2.35. The Morgan fingerprint density at radius 1 is 0.903 bits per heavy atom. The van der Waals surface area contributed by atoms with Crippen molar-refractivity contribution in [1.82, 2.24) is 5.32 Å². The van der Waals surface area contributed by atoms with Gasteiger partial charge in [0.25, 0.3) is 0 Å². The first-order chi connectivity index (χ1) is 15.0. The van der Waals surface area contributed by atoms with Crippen LogP contribution in [0.1, 0.15) is 24.9 Å². The second-order valence-corrected chi connectivity index (χ2v) is 6.76. The van der Waals surface area contributed by atoms with Gasteiger partial charge in [0.2, 0.25) is 5.91 Å². The Bertz CT molecular complexity index is 1010. The average Bonchev–Trinajstić information content (AvgIpc) is 2.75. The quantitative estimate of drug-likeness (QED) is 0.471. The van der Waals surface area contributed by atoms with Crippen LogP contribution in [0.15, 0.2) is 78.9 Å². The molecule has 31 heavy (non-hydrogen) atoms. The van der Waals surface area contributed by atoms with Gasteiger partial charge < -0.3 is 25.8 Å². The first-order valence-corrected chi connectivity index (χ1v) is 9.95. The summed E-state index contributed by atoms with van der Waals surface area (Å²) in [6.45, 7) is 2.47. The number of carbonyl (C=O) groups excluding carboxylic acids is 2. The van der Waals surface area contributed by atoms with E-state index >= 15 is 0 Å². The lowest BCUT2D eigenvalue weighted by Gasteiger charge is -2.19. The molecule has 3 amide bonds. The summed E-state index contributed by atoms with van der Waals surface area (Å²) in [6.07, 6.45) is 0.00490. The van der Waals surface area contributed by atoms with Crippen molar-refractivity contribution in [2.75, 3.05) is 11.9 Å². The molecule has 0 aliphatic carbocycles. The number of primary amides is 1. The summed E-state index contributed by atoms with van der Waals surface area (Å²) >= 11 is 0. The fourth-order valence-corrected chi connectivity index (χ4v) is 3.04. The van der Waals surface area contributed by atoms with E-state index in [0.717, 1.165) is 5.75 Å². The molecule has 0 unspecified atom stereocenters. The monoisotopic (exact) mass is 419 g/mol. The molecule has 0 fully saturated rings. The summed E-state index contributed by atoms with van der Waals surface area (Å²) in [4.78, 5) is 24.1. The van der Waals surface area contributed by atoms with Crippen LogP contribution in [0.4, 0.5) is 10.5 Å². The Hall–Kier alpha value is -4.00. The molecular formula is C24H25N3O4. The minimum Gasteiger partial charge on any atom is -0.494 e. The van der Waals surface area contributed by atoms with Crippen LogP contribution < -0.4 is 25.8 Å². The van der Waals surface area contributed by atoms with Crippen molar-refractivity contribution in [3.8, 4) is 17.2 Å². The molecule has 4 N–H and O–H groups in total. The van der Waals surface area contributed by atoms with E-state index in [9.17, 15) is 9.59 Å². The molecule has 7 nitrogen and oxygen atoms in total. The Morgan fingerprint density at radius 3 is 2.29 bits per heavy atom. The zero-order valence-corrected chi connectivity index (χ0v) is 17.2. The molecule has 1 atom stereocenters. The summed E-state index contributed by atoms with van der Waals surface area (Å²) < 4.78 is 11.2. The summed E-state index contributed by atoms with van der Waals surface area (Å²) in [5.74, 6) is 1.74. The molecule has 0 heterocycles. The van der Waals surface area contributed by atoms with Gasteiger partial charge >= 0.3 is 6.03 Å². The predicted molar refractivity (Wildman–Crippen MR) is 119 cm³/mol. The fourth-order valence-electron chi connectivity index (χ4n) is 3.04. The predicted octanol–water partition coefficient (Wildman–Crippen LogP) is 4.62. The van der Waals surface area contributed by atoms with Crippen molar-refractivity contribution < 1.29 is 19.1 Å². The van der Waals surface area contributed by atoms with Crippen molar-refractivity contribution in [3.05, 3.63) is 84.4 Å². The Kier molecular flexibility index (Phi) is 7.48. The molecule has 0 aliphatic heterocycles. The molecule has 160 valence electrons. The van der Waals surface area contributed by atoms with Gasteiger partial charge in [-0.15, -0.1) is 0 Å². The van der Waals surface area contributed by atoms with Crippen LogP contribution in [0.5, 0.6) is 17.2 Å². The highest BCUT2D eigenvalue weighted by Crippen LogP contribution is 2.26. The molecule has 0 saturated heterocycles. The van der Waals surface area contributed by atoms with Gasteiger partial charge in [0.15, 0.2) is 0 Å². The number of anilines is 1. The lowest BCUT2D eigenvalue weighted by atomic mass is 10.0. The summed E-state index contributed by atoms with van der Waals surface area (Å²) in [6, 6.07) is 22.3. The van der Waals surface area contributed by atoms with E-state index in [0.29, 0.717) is 29.4 Å². The number of urea groups is 1. The molecule has 3 aromatic rings. The number of carbonyl (C=O) groups is 2. The normalized spacial score (nSPS) is 11.3. The SMILES string of the molecule is CCOc1ccc(NC(=O)C[C@@H](NC(N)=O)c2cccc(Oc3ccccc3)c2)cc1. The van der Waals surface area contributed by atoms with Gasteiger partial charge in [0.1, 0.15) is 17.2 Å². The van der Waals surface area contributed by atoms with Crippen molar-refractivity contribution in [2.45, 2.75) is 19.4 Å². The van der Waals surface area contributed by atoms with Gasteiger partial charge in [0, 0.05) is 5.69 Å². The van der Waals surface area contributed by atoms with Crippen LogP contribution >= 0.6 is 0 Å². The Labute approximate surface area is 181 Å². The van der Waals surface area contributed by atoms with Gasteiger partial charge in [-0.2, -0.15) is 0 Å². The highest BCUT2D eigenvalue weighted by atomic mass is 16.5. The number of hydrogen-bond donors (Lipinski definition) is 3.